The van der Waals surface area contributed by atoms with E-state index >= 15 is 0 Å². The first kappa shape index (κ1) is 16.4. The number of hydrogen-bond acceptors (Lipinski definition) is 5. The van der Waals surface area contributed by atoms with Gasteiger partial charge in [0.15, 0.2) is 5.04 Å². The Hall–Kier alpha value is -2.11. The molecule has 0 radical (unpaired) electrons. The molecule has 4 nitrogen and oxygen atoms in total. The molecule has 2 aromatic carbocycles. The molecule has 0 aromatic heterocycles. The predicted octanol–water partition coefficient (Wildman–Crippen LogP) is 3.73. The summed E-state index contributed by atoms with van der Waals surface area (Å²) in [7, 11) is 0. The van der Waals surface area contributed by atoms with E-state index in [2.05, 4.69) is 29.2 Å². The highest BCUT2D eigenvalue weighted by Gasteiger charge is 2.45. The average Bonchev–Trinajstić information content (AvgIpc) is 2.91. The minimum Gasteiger partial charge on any atom is -0.431 e. The monoisotopic (exact) mass is 352 g/mol. The fourth-order valence-corrected chi connectivity index (χ4v) is 4.23. The Bertz CT molecular complexity index is 779. The van der Waals surface area contributed by atoms with Crippen molar-refractivity contribution in [1.29, 1.82) is 0 Å². The van der Waals surface area contributed by atoms with Crippen molar-refractivity contribution in [3.63, 3.8) is 0 Å². The second kappa shape index (κ2) is 7.02. The molecule has 2 aliphatic rings. The van der Waals surface area contributed by atoms with E-state index in [1.54, 1.807) is 0 Å². The van der Waals surface area contributed by atoms with Crippen molar-refractivity contribution >= 4 is 22.8 Å². The summed E-state index contributed by atoms with van der Waals surface area (Å²) < 4.78 is 5.74. The zero-order valence-electron chi connectivity index (χ0n) is 13.9. The molecule has 0 amide bonds. The summed E-state index contributed by atoms with van der Waals surface area (Å²) in [6.45, 7) is 2.52. The van der Waals surface area contributed by atoms with Gasteiger partial charge >= 0.3 is 5.97 Å². The van der Waals surface area contributed by atoms with Gasteiger partial charge in [0.1, 0.15) is 0 Å². The van der Waals surface area contributed by atoms with Gasteiger partial charge in [-0.1, -0.05) is 60.3 Å². The van der Waals surface area contributed by atoms with Gasteiger partial charge in [-0.2, -0.15) is 0 Å². The molecule has 0 saturated carbocycles. The van der Waals surface area contributed by atoms with Crippen LogP contribution in [-0.2, 0) is 16.1 Å². The fourth-order valence-electron chi connectivity index (χ4n) is 3.37. The number of ether oxygens (including phenoxy) is 1. The highest BCUT2D eigenvalue weighted by Crippen LogP contribution is 2.35. The summed E-state index contributed by atoms with van der Waals surface area (Å²) in [6, 6.07) is 20.2. The van der Waals surface area contributed by atoms with Gasteiger partial charge in [0.25, 0.3) is 0 Å². The lowest BCUT2D eigenvalue weighted by atomic mass is 10.0. The number of carbonyl (C=O) groups excluding carboxylic acids is 1. The Morgan fingerprint density at radius 3 is 2.56 bits per heavy atom. The van der Waals surface area contributed by atoms with E-state index in [0.717, 1.165) is 30.8 Å². The van der Waals surface area contributed by atoms with Crippen LogP contribution in [0.1, 0.15) is 18.4 Å². The number of carbonyl (C=O) groups is 1. The molecule has 2 heterocycles. The van der Waals surface area contributed by atoms with Crippen molar-refractivity contribution in [3.05, 3.63) is 66.2 Å². The number of piperidine rings is 1. The molecule has 1 unspecified atom stereocenters. The molecule has 5 heteroatoms. The quantitative estimate of drug-likeness (QED) is 0.790. The number of esters is 1. The number of hydrogen-bond donors (Lipinski definition) is 0. The van der Waals surface area contributed by atoms with Gasteiger partial charge in [0.2, 0.25) is 5.72 Å². The summed E-state index contributed by atoms with van der Waals surface area (Å²) in [5, 5.41) is 0.466. The van der Waals surface area contributed by atoms with Gasteiger partial charge in [-0.15, -0.1) is 0 Å². The van der Waals surface area contributed by atoms with Gasteiger partial charge < -0.3 is 4.74 Å². The Kier molecular flexibility index (Phi) is 4.59. The molecule has 25 heavy (non-hydrogen) atoms. The van der Waals surface area contributed by atoms with E-state index in [1.165, 1.54) is 17.3 Å². The van der Waals surface area contributed by atoms with Crippen molar-refractivity contribution in [1.82, 2.24) is 4.90 Å². The standard InChI is InChI=1S/C20H20N2O2S/c23-19-18(25-17-10-5-2-6-11-17)21-20(24-19)12-7-13-22(15-20)14-16-8-3-1-4-9-16/h1-6,8-11H,7,12-15H2. The van der Waals surface area contributed by atoms with Crippen LogP contribution in [0.5, 0.6) is 0 Å². The van der Waals surface area contributed by atoms with Crippen LogP contribution in [0.3, 0.4) is 0 Å². The van der Waals surface area contributed by atoms with E-state index in [9.17, 15) is 4.79 Å². The maximum atomic E-state index is 12.3. The van der Waals surface area contributed by atoms with E-state index in [4.69, 9.17) is 9.73 Å². The van der Waals surface area contributed by atoms with Crippen LogP contribution in [0, 0.1) is 0 Å². The molecule has 0 N–H and O–H groups in total. The summed E-state index contributed by atoms with van der Waals surface area (Å²) in [4.78, 5) is 20.4. The van der Waals surface area contributed by atoms with E-state index < -0.39 is 5.72 Å². The minimum absolute atomic E-state index is 0.296. The molecule has 2 aliphatic heterocycles. The van der Waals surface area contributed by atoms with Gasteiger partial charge in [0.05, 0.1) is 6.54 Å². The molecule has 1 atom stereocenters. The highest BCUT2D eigenvalue weighted by atomic mass is 32.2. The van der Waals surface area contributed by atoms with Crippen LogP contribution in [0.15, 0.2) is 70.6 Å². The molecular formula is C20H20N2O2S. The topological polar surface area (TPSA) is 41.9 Å². The van der Waals surface area contributed by atoms with Crippen molar-refractivity contribution in [2.24, 2.45) is 4.99 Å². The van der Waals surface area contributed by atoms with Crippen molar-refractivity contribution in [3.8, 4) is 0 Å². The van der Waals surface area contributed by atoms with Crippen molar-refractivity contribution in [2.75, 3.05) is 13.1 Å². The van der Waals surface area contributed by atoms with Gasteiger partial charge in [-0.05, 0) is 30.7 Å². The van der Waals surface area contributed by atoms with Crippen LogP contribution in [-0.4, -0.2) is 34.7 Å². The Labute approximate surface area is 151 Å². The molecule has 1 fully saturated rings. The summed E-state index contributed by atoms with van der Waals surface area (Å²) in [6.07, 6.45) is 1.77. The normalized spacial score (nSPS) is 23.5. The van der Waals surface area contributed by atoms with Gasteiger partial charge in [0, 0.05) is 17.9 Å². The van der Waals surface area contributed by atoms with Crippen molar-refractivity contribution < 1.29 is 9.53 Å². The maximum absolute atomic E-state index is 12.3. The third kappa shape index (κ3) is 3.78. The number of thioether (sulfide) groups is 1. The highest BCUT2D eigenvalue weighted by molar-refractivity contribution is 8.15. The summed E-state index contributed by atoms with van der Waals surface area (Å²) in [5.74, 6) is -0.296. The first-order valence-corrected chi connectivity index (χ1v) is 9.37. The molecular weight excluding hydrogens is 332 g/mol. The lowest BCUT2D eigenvalue weighted by Gasteiger charge is -2.36. The molecule has 0 aliphatic carbocycles. The second-order valence-corrected chi connectivity index (χ2v) is 7.53. The van der Waals surface area contributed by atoms with Crippen LogP contribution in [0.4, 0.5) is 0 Å². The second-order valence-electron chi connectivity index (χ2n) is 6.47. The molecule has 4 rings (SSSR count). The Balaban J connectivity index is 1.48. The molecule has 1 spiro atoms. The zero-order chi connectivity index (χ0) is 17.1. The van der Waals surface area contributed by atoms with Crippen LogP contribution in [0.2, 0.25) is 0 Å². The number of likely N-dealkylation sites (tertiary alicyclic amines) is 1. The molecule has 1 saturated heterocycles. The zero-order valence-corrected chi connectivity index (χ0v) is 14.7. The number of benzene rings is 2. The predicted molar refractivity (Wildman–Crippen MR) is 99.5 cm³/mol. The minimum atomic E-state index is -0.707. The number of rotatable bonds is 3. The summed E-state index contributed by atoms with van der Waals surface area (Å²) >= 11 is 1.39. The molecule has 128 valence electrons. The van der Waals surface area contributed by atoms with E-state index in [0.29, 0.717) is 11.6 Å². The van der Waals surface area contributed by atoms with E-state index in [1.807, 2.05) is 36.4 Å². The Morgan fingerprint density at radius 2 is 1.80 bits per heavy atom. The average molecular weight is 352 g/mol. The van der Waals surface area contributed by atoms with Crippen molar-refractivity contribution in [2.45, 2.75) is 30.0 Å². The third-order valence-electron chi connectivity index (χ3n) is 4.48. The first-order valence-electron chi connectivity index (χ1n) is 8.55. The SMILES string of the molecule is O=C1OC2(CCCN(Cc3ccccc3)C2)N=C1Sc1ccccc1. The fraction of sp³-hybridized carbons (Fsp3) is 0.300. The molecule has 0 bridgehead atoms. The first-order chi connectivity index (χ1) is 12.2. The largest absolute Gasteiger partial charge is 0.431 e. The smallest absolute Gasteiger partial charge is 0.365 e. The van der Waals surface area contributed by atoms with Crippen LogP contribution < -0.4 is 0 Å². The summed E-state index contributed by atoms with van der Waals surface area (Å²) in [5.41, 5.74) is 0.563. The van der Waals surface area contributed by atoms with Gasteiger partial charge in [-0.3, -0.25) is 4.90 Å². The number of aliphatic imine (C=N–C) groups is 1. The van der Waals surface area contributed by atoms with Gasteiger partial charge in [-0.25, -0.2) is 9.79 Å². The lowest BCUT2D eigenvalue weighted by molar-refractivity contribution is -0.151. The molecule has 2 aromatic rings. The Morgan fingerprint density at radius 1 is 1.08 bits per heavy atom. The third-order valence-corrected chi connectivity index (χ3v) is 5.44. The van der Waals surface area contributed by atoms with Crippen LogP contribution in [0.25, 0.3) is 0 Å². The maximum Gasteiger partial charge on any atom is 0.365 e. The lowest BCUT2D eigenvalue weighted by Crippen LogP contribution is -2.47. The number of nitrogens with zero attached hydrogens (tertiary/aromatic N) is 2. The van der Waals surface area contributed by atoms with Crippen LogP contribution >= 0.6 is 11.8 Å². The van der Waals surface area contributed by atoms with E-state index in [-0.39, 0.29) is 5.97 Å².